The van der Waals surface area contributed by atoms with E-state index in [4.69, 9.17) is 0 Å². The van der Waals surface area contributed by atoms with Crippen molar-refractivity contribution in [3.05, 3.63) is 70.0 Å². The first-order valence-corrected chi connectivity index (χ1v) is 14.0. The number of hydrogen-bond acceptors (Lipinski definition) is 7. The van der Waals surface area contributed by atoms with Gasteiger partial charge in [-0.2, -0.15) is 4.37 Å². The maximum atomic E-state index is 13.6. The van der Waals surface area contributed by atoms with Crippen LogP contribution < -0.4 is 10.2 Å². The summed E-state index contributed by atoms with van der Waals surface area (Å²) in [7, 11) is 0. The van der Waals surface area contributed by atoms with E-state index < -0.39 is 4.92 Å². The SMILES string of the molecule is O=C(C=Cc1ccccc1[N+](=O)[O-])NC[C@@H]1CCCC[C@H]1CN1CCN(c2nsc3cc(F)ccc23)CC1. The van der Waals surface area contributed by atoms with Crippen LogP contribution in [-0.2, 0) is 4.79 Å². The van der Waals surface area contributed by atoms with Crippen molar-refractivity contribution >= 4 is 45.1 Å². The average Bonchev–Trinajstić information content (AvgIpc) is 3.35. The lowest BCUT2D eigenvalue weighted by molar-refractivity contribution is -0.385. The van der Waals surface area contributed by atoms with E-state index in [1.807, 2.05) is 6.07 Å². The summed E-state index contributed by atoms with van der Waals surface area (Å²) >= 11 is 1.35. The minimum absolute atomic E-state index is 0.0131. The number of amides is 1. The molecule has 2 aliphatic rings. The number of hydrogen-bond donors (Lipinski definition) is 1. The quantitative estimate of drug-likeness (QED) is 0.244. The fourth-order valence-electron chi connectivity index (χ4n) is 5.64. The fraction of sp³-hybridized carbons (Fsp3) is 0.429. The molecule has 2 aromatic carbocycles. The largest absolute Gasteiger partial charge is 0.353 e. The molecule has 8 nitrogen and oxygen atoms in total. The molecule has 2 atom stereocenters. The molecule has 0 unspecified atom stereocenters. The standard InChI is InChI=1S/C28H32FN5O3S/c29-23-10-11-24-26(17-23)38-31-28(24)33-15-13-32(14-16-33)19-22-7-2-1-6-21(22)18-30-27(35)12-9-20-5-3-4-8-25(20)34(36)37/h3-5,8-12,17,21-22H,1-2,6-7,13-16,18-19H2,(H,30,35)/t21-,22-/m0/s1. The molecule has 1 aliphatic heterocycles. The predicted molar refractivity (Wildman–Crippen MR) is 149 cm³/mol. The summed E-state index contributed by atoms with van der Waals surface area (Å²) in [4.78, 5) is 28.1. The lowest BCUT2D eigenvalue weighted by Gasteiger charge is -2.40. The van der Waals surface area contributed by atoms with Crippen molar-refractivity contribution in [2.75, 3.05) is 44.2 Å². The van der Waals surface area contributed by atoms with Crippen LogP contribution in [0, 0.1) is 27.8 Å². The average molecular weight is 538 g/mol. The summed E-state index contributed by atoms with van der Waals surface area (Å²) < 4.78 is 19.0. The summed E-state index contributed by atoms with van der Waals surface area (Å²) in [6, 6.07) is 11.3. The summed E-state index contributed by atoms with van der Waals surface area (Å²) in [5.41, 5.74) is 0.404. The summed E-state index contributed by atoms with van der Waals surface area (Å²) in [5.74, 6) is 1.45. The van der Waals surface area contributed by atoms with E-state index in [-0.39, 0.29) is 17.4 Å². The van der Waals surface area contributed by atoms with Crippen molar-refractivity contribution in [1.29, 1.82) is 0 Å². The molecule has 2 heterocycles. The van der Waals surface area contributed by atoms with Gasteiger partial charge in [-0.05, 0) is 66.6 Å². The summed E-state index contributed by atoms with van der Waals surface area (Å²) in [5, 5.41) is 15.2. The highest BCUT2D eigenvalue weighted by molar-refractivity contribution is 7.13. The van der Waals surface area contributed by atoms with Crippen LogP contribution in [0.15, 0.2) is 48.5 Å². The Kier molecular flexibility index (Phi) is 8.29. The van der Waals surface area contributed by atoms with Gasteiger partial charge in [-0.25, -0.2) is 4.39 Å². The van der Waals surface area contributed by atoms with Crippen LogP contribution in [0.3, 0.4) is 0 Å². The Morgan fingerprint density at radius 1 is 1.13 bits per heavy atom. The highest BCUT2D eigenvalue weighted by atomic mass is 32.1. The van der Waals surface area contributed by atoms with Crippen LogP contribution in [0.1, 0.15) is 31.2 Å². The van der Waals surface area contributed by atoms with Crippen molar-refractivity contribution in [1.82, 2.24) is 14.6 Å². The molecule has 0 bridgehead atoms. The van der Waals surface area contributed by atoms with Gasteiger partial charge in [0.1, 0.15) is 11.6 Å². The Balaban J connectivity index is 1.12. The van der Waals surface area contributed by atoms with Gasteiger partial charge in [0.2, 0.25) is 5.91 Å². The number of nitrogens with zero attached hydrogens (tertiary/aromatic N) is 4. The lowest BCUT2D eigenvalue weighted by Crippen LogP contribution is -2.49. The lowest BCUT2D eigenvalue weighted by atomic mass is 9.78. The molecule has 10 heteroatoms. The molecule has 2 fully saturated rings. The molecule has 38 heavy (non-hydrogen) atoms. The van der Waals surface area contributed by atoms with Crippen LogP contribution in [0.2, 0.25) is 0 Å². The van der Waals surface area contributed by atoms with Gasteiger partial charge in [0.15, 0.2) is 0 Å². The van der Waals surface area contributed by atoms with Gasteiger partial charge in [-0.3, -0.25) is 19.8 Å². The molecule has 0 radical (unpaired) electrons. The molecule has 200 valence electrons. The minimum atomic E-state index is -0.440. The Morgan fingerprint density at radius 3 is 2.68 bits per heavy atom. The van der Waals surface area contributed by atoms with Gasteiger partial charge in [-0.1, -0.05) is 25.0 Å². The van der Waals surface area contributed by atoms with Crippen LogP contribution in [0.4, 0.5) is 15.9 Å². The normalized spacial score (nSPS) is 20.7. The number of carbonyl (C=O) groups is 1. The zero-order chi connectivity index (χ0) is 26.5. The Bertz CT molecular complexity index is 1320. The van der Waals surface area contributed by atoms with E-state index in [9.17, 15) is 19.3 Å². The topological polar surface area (TPSA) is 91.6 Å². The van der Waals surface area contributed by atoms with Crippen molar-refractivity contribution < 1.29 is 14.1 Å². The first-order chi connectivity index (χ1) is 18.5. The number of halogens is 1. The van der Waals surface area contributed by atoms with E-state index in [1.54, 1.807) is 24.3 Å². The highest BCUT2D eigenvalue weighted by Gasteiger charge is 2.29. The molecule has 3 aromatic rings. The second kappa shape index (κ2) is 12.0. The van der Waals surface area contributed by atoms with Crippen LogP contribution in [-0.4, -0.2) is 59.4 Å². The third-order valence-electron chi connectivity index (χ3n) is 7.73. The van der Waals surface area contributed by atoms with Gasteiger partial charge >= 0.3 is 0 Å². The molecule has 5 rings (SSSR count). The van der Waals surface area contributed by atoms with E-state index in [1.165, 1.54) is 48.7 Å². The van der Waals surface area contributed by atoms with E-state index in [0.717, 1.165) is 61.5 Å². The van der Waals surface area contributed by atoms with Crippen molar-refractivity contribution in [2.24, 2.45) is 11.8 Å². The second-order valence-corrected chi connectivity index (χ2v) is 10.9. The molecule has 1 N–H and O–H groups in total. The first-order valence-electron chi connectivity index (χ1n) is 13.2. The number of rotatable bonds is 8. The molecule has 1 saturated carbocycles. The van der Waals surface area contributed by atoms with E-state index >= 15 is 0 Å². The van der Waals surface area contributed by atoms with Gasteiger partial charge in [0.05, 0.1) is 15.2 Å². The zero-order valence-electron chi connectivity index (χ0n) is 21.2. The van der Waals surface area contributed by atoms with Gasteiger partial charge in [0, 0.05) is 56.8 Å². The Hall–Kier alpha value is -3.37. The monoisotopic (exact) mass is 537 g/mol. The number of aromatic nitrogens is 1. The number of nitrogens with one attached hydrogen (secondary N) is 1. The number of nitro groups is 1. The van der Waals surface area contributed by atoms with Crippen LogP contribution in [0.5, 0.6) is 0 Å². The smallest absolute Gasteiger partial charge is 0.276 e. The van der Waals surface area contributed by atoms with Gasteiger partial charge in [-0.15, -0.1) is 0 Å². The van der Waals surface area contributed by atoms with Crippen molar-refractivity contribution in [3.8, 4) is 0 Å². The van der Waals surface area contributed by atoms with Gasteiger partial charge < -0.3 is 10.2 Å². The Labute approximate surface area is 225 Å². The number of fused-ring (bicyclic) bond motifs is 1. The number of anilines is 1. The number of piperazine rings is 1. The summed E-state index contributed by atoms with van der Waals surface area (Å²) in [6.45, 7) is 5.32. The molecule has 1 aromatic heterocycles. The maximum absolute atomic E-state index is 13.6. The molecular formula is C28H32FN5O3S. The minimum Gasteiger partial charge on any atom is -0.353 e. The number of para-hydroxylation sites is 1. The van der Waals surface area contributed by atoms with E-state index in [0.29, 0.717) is 23.9 Å². The van der Waals surface area contributed by atoms with Crippen molar-refractivity contribution in [2.45, 2.75) is 25.7 Å². The molecule has 1 saturated heterocycles. The fourth-order valence-corrected chi connectivity index (χ4v) is 6.47. The maximum Gasteiger partial charge on any atom is 0.276 e. The summed E-state index contributed by atoms with van der Waals surface area (Å²) in [6.07, 6.45) is 7.54. The molecule has 1 aliphatic carbocycles. The highest BCUT2D eigenvalue weighted by Crippen LogP contribution is 2.33. The zero-order valence-corrected chi connectivity index (χ0v) is 22.0. The third kappa shape index (κ3) is 6.19. The Morgan fingerprint density at radius 2 is 1.89 bits per heavy atom. The third-order valence-corrected chi connectivity index (χ3v) is 8.53. The van der Waals surface area contributed by atoms with E-state index in [2.05, 4.69) is 19.5 Å². The number of nitro benzene ring substituents is 1. The first kappa shape index (κ1) is 26.2. The van der Waals surface area contributed by atoms with Crippen molar-refractivity contribution in [3.63, 3.8) is 0 Å². The molecule has 1 amide bonds. The number of carbonyl (C=O) groups excluding carboxylic acids is 1. The number of benzene rings is 2. The van der Waals surface area contributed by atoms with Gasteiger partial charge in [0.25, 0.3) is 5.69 Å². The second-order valence-electron chi connectivity index (χ2n) is 10.1. The molecule has 0 spiro atoms. The van der Waals surface area contributed by atoms with Crippen LogP contribution >= 0.6 is 11.5 Å². The predicted octanol–water partition coefficient (Wildman–Crippen LogP) is 5.10. The molecular weight excluding hydrogens is 505 g/mol. The van der Waals surface area contributed by atoms with Crippen LogP contribution in [0.25, 0.3) is 16.2 Å².